The van der Waals surface area contributed by atoms with E-state index in [4.69, 9.17) is 4.74 Å². The van der Waals surface area contributed by atoms with Crippen molar-refractivity contribution in [2.75, 3.05) is 18.1 Å². The van der Waals surface area contributed by atoms with Crippen LogP contribution in [0.4, 0.5) is 5.69 Å². The highest BCUT2D eigenvalue weighted by atomic mass is 32.1. The number of hydrogen-bond donors (Lipinski definition) is 2. The lowest BCUT2D eigenvalue weighted by atomic mass is 10.1. The van der Waals surface area contributed by atoms with Crippen LogP contribution in [0.2, 0.25) is 0 Å². The van der Waals surface area contributed by atoms with Crippen LogP contribution in [0.5, 0.6) is 0 Å². The molecular formula is C29H29N3O3S. The second-order valence-electron chi connectivity index (χ2n) is 8.96. The van der Waals surface area contributed by atoms with E-state index in [1.54, 1.807) is 11.0 Å². The molecule has 6 nitrogen and oxygen atoms in total. The van der Waals surface area contributed by atoms with E-state index in [0.717, 1.165) is 41.1 Å². The first kappa shape index (κ1) is 24.0. The van der Waals surface area contributed by atoms with Crippen LogP contribution in [0.1, 0.15) is 39.8 Å². The van der Waals surface area contributed by atoms with Crippen LogP contribution < -0.4 is 10.2 Å². The van der Waals surface area contributed by atoms with Crippen LogP contribution in [0, 0.1) is 6.92 Å². The molecule has 2 amide bonds. The molecule has 2 aromatic carbocycles. The molecule has 2 unspecified atom stereocenters. The summed E-state index contributed by atoms with van der Waals surface area (Å²) in [6, 6.07) is 24.2. The number of carbonyl (C=O) groups is 2. The highest BCUT2D eigenvalue weighted by molar-refractivity contribution is 7.10. The van der Waals surface area contributed by atoms with Crippen molar-refractivity contribution in [2.24, 2.45) is 0 Å². The van der Waals surface area contributed by atoms with Gasteiger partial charge in [0.2, 0.25) is 5.91 Å². The lowest BCUT2D eigenvalue weighted by Gasteiger charge is -2.31. The van der Waals surface area contributed by atoms with Crippen LogP contribution in [0.25, 0.3) is 11.3 Å². The summed E-state index contributed by atoms with van der Waals surface area (Å²) in [4.78, 5) is 33.5. The largest absolute Gasteiger partial charge is 0.376 e. The zero-order chi connectivity index (χ0) is 24.9. The Hall–Kier alpha value is -3.68. The zero-order valence-corrected chi connectivity index (χ0v) is 21.0. The van der Waals surface area contributed by atoms with Gasteiger partial charge in [-0.25, -0.2) is 0 Å². The Balaban J connectivity index is 1.52. The molecule has 36 heavy (non-hydrogen) atoms. The maximum Gasteiger partial charge on any atom is 0.275 e. The molecule has 1 fully saturated rings. The molecule has 0 saturated carbocycles. The normalized spacial score (nSPS) is 16.0. The van der Waals surface area contributed by atoms with Gasteiger partial charge in [0.15, 0.2) is 6.04 Å². The maximum atomic E-state index is 14.1. The Labute approximate surface area is 214 Å². The third-order valence-corrected chi connectivity index (χ3v) is 7.27. The molecule has 0 aliphatic carbocycles. The molecular weight excluding hydrogens is 470 g/mol. The van der Waals surface area contributed by atoms with Crippen LogP contribution in [-0.4, -0.2) is 36.1 Å². The summed E-state index contributed by atoms with van der Waals surface area (Å²) in [6.07, 6.45) is 1.94. The zero-order valence-electron chi connectivity index (χ0n) is 20.1. The number of anilines is 1. The second-order valence-corrected chi connectivity index (χ2v) is 9.94. The summed E-state index contributed by atoms with van der Waals surface area (Å²) >= 11 is 1.46. The molecule has 0 bridgehead atoms. The molecule has 1 saturated heterocycles. The van der Waals surface area contributed by atoms with Crippen molar-refractivity contribution in [3.05, 3.63) is 100 Å². The Morgan fingerprint density at radius 2 is 1.94 bits per heavy atom. The lowest BCUT2D eigenvalue weighted by molar-refractivity contribution is -0.122. The Kier molecular flexibility index (Phi) is 7.30. The minimum absolute atomic E-state index is 0.0119. The van der Waals surface area contributed by atoms with Crippen LogP contribution in [0.3, 0.4) is 0 Å². The van der Waals surface area contributed by atoms with Gasteiger partial charge in [-0.05, 0) is 66.6 Å². The first-order chi connectivity index (χ1) is 17.6. The Morgan fingerprint density at radius 1 is 1.08 bits per heavy atom. The summed E-state index contributed by atoms with van der Waals surface area (Å²) < 4.78 is 5.70. The number of hydrogen-bond acceptors (Lipinski definition) is 4. The summed E-state index contributed by atoms with van der Waals surface area (Å²) in [5, 5.41) is 4.98. The molecule has 1 aliphatic heterocycles. The number of benzene rings is 2. The molecule has 1 aliphatic rings. The highest BCUT2D eigenvalue weighted by Crippen LogP contribution is 2.33. The summed E-state index contributed by atoms with van der Waals surface area (Å²) in [5.41, 5.74) is 3.93. The first-order valence-electron chi connectivity index (χ1n) is 12.2. The number of aromatic nitrogens is 1. The van der Waals surface area contributed by atoms with Crippen LogP contribution >= 0.6 is 11.3 Å². The molecule has 184 valence electrons. The van der Waals surface area contributed by atoms with Gasteiger partial charge in [0.1, 0.15) is 5.69 Å². The van der Waals surface area contributed by atoms with Crippen molar-refractivity contribution in [1.29, 1.82) is 0 Å². The predicted molar refractivity (Wildman–Crippen MR) is 143 cm³/mol. The standard InChI is InChI=1S/C29H29N3O3S/c1-20-8-5-11-22(18-20)32(29(34)25-15-14-24(31-25)21-9-3-2-4-10-21)27(26-13-7-17-36-26)28(33)30-19-23-12-6-16-35-23/h2-5,7-11,13-15,17-18,23,27,31H,6,12,16,19H2,1H3,(H,30,33). The Bertz CT molecular complexity index is 1310. The average Bonchev–Trinajstić information content (AvgIpc) is 3.69. The van der Waals surface area contributed by atoms with Gasteiger partial charge >= 0.3 is 0 Å². The van der Waals surface area contributed by atoms with Crippen molar-refractivity contribution in [3.8, 4) is 11.3 Å². The second kappa shape index (κ2) is 10.9. The van der Waals surface area contributed by atoms with Gasteiger partial charge in [-0.1, -0.05) is 48.5 Å². The molecule has 4 aromatic rings. The number of rotatable bonds is 8. The van der Waals surface area contributed by atoms with Gasteiger partial charge in [-0.2, -0.15) is 0 Å². The molecule has 2 N–H and O–H groups in total. The van der Waals surface area contributed by atoms with Crippen LogP contribution in [-0.2, 0) is 9.53 Å². The fourth-order valence-electron chi connectivity index (χ4n) is 4.53. The quantitative estimate of drug-likeness (QED) is 0.325. The Morgan fingerprint density at radius 3 is 2.67 bits per heavy atom. The molecule has 3 heterocycles. The third kappa shape index (κ3) is 5.27. The highest BCUT2D eigenvalue weighted by Gasteiger charge is 2.35. The summed E-state index contributed by atoms with van der Waals surface area (Å²) in [6.45, 7) is 3.13. The van der Waals surface area contributed by atoms with E-state index in [1.807, 2.05) is 85.1 Å². The van der Waals surface area contributed by atoms with E-state index in [9.17, 15) is 9.59 Å². The number of amides is 2. The molecule has 0 radical (unpaired) electrons. The lowest BCUT2D eigenvalue weighted by Crippen LogP contribution is -2.45. The molecule has 7 heteroatoms. The number of aromatic amines is 1. The molecule has 2 atom stereocenters. The van der Waals surface area contributed by atoms with E-state index < -0.39 is 6.04 Å². The minimum atomic E-state index is -0.816. The summed E-state index contributed by atoms with van der Waals surface area (Å²) in [7, 11) is 0. The van der Waals surface area contributed by atoms with Crippen molar-refractivity contribution in [2.45, 2.75) is 31.9 Å². The number of ether oxygens (including phenoxy) is 1. The van der Waals surface area contributed by atoms with E-state index >= 15 is 0 Å². The fraction of sp³-hybridized carbons (Fsp3) is 0.241. The number of H-pyrrole nitrogens is 1. The number of carbonyl (C=O) groups excluding carboxylic acids is 2. The SMILES string of the molecule is Cc1cccc(N(C(=O)c2ccc(-c3ccccc3)[nH]2)C(C(=O)NCC2CCCO2)c2cccs2)c1. The number of thiophene rings is 1. The first-order valence-corrected chi connectivity index (χ1v) is 13.1. The summed E-state index contributed by atoms with van der Waals surface area (Å²) in [5.74, 6) is -0.494. The topological polar surface area (TPSA) is 74.4 Å². The van der Waals surface area contributed by atoms with Gasteiger partial charge in [0.25, 0.3) is 5.91 Å². The smallest absolute Gasteiger partial charge is 0.275 e. The van der Waals surface area contributed by atoms with Gasteiger partial charge in [-0.15, -0.1) is 11.3 Å². The van der Waals surface area contributed by atoms with E-state index in [2.05, 4.69) is 10.3 Å². The number of aryl methyl sites for hydroxylation is 1. The average molecular weight is 500 g/mol. The molecule has 2 aromatic heterocycles. The van der Waals surface area contributed by atoms with Gasteiger partial charge < -0.3 is 15.0 Å². The van der Waals surface area contributed by atoms with E-state index in [-0.39, 0.29) is 17.9 Å². The monoisotopic (exact) mass is 499 g/mol. The van der Waals surface area contributed by atoms with Gasteiger partial charge in [0.05, 0.1) is 6.10 Å². The predicted octanol–water partition coefficient (Wildman–Crippen LogP) is 5.73. The number of nitrogens with one attached hydrogen (secondary N) is 2. The van der Waals surface area contributed by atoms with Crippen molar-refractivity contribution in [1.82, 2.24) is 10.3 Å². The minimum Gasteiger partial charge on any atom is -0.376 e. The van der Waals surface area contributed by atoms with Gasteiger partial charge in [0, 0.05) is 29.4 Å². The van der Waals surface area contributed by atoms with Crippen molar-refractivity contribution in [3.63, 3.8) is 0 Å². The fourth-order valence-corrected chi connectivity index (χ4v) is 5.35. The molecule has 0 spiro atoms. The number of nitrogens with zero attached hydrogens (tertiary/aromatic N) is 1. The van der Waals surface area contributed by atoms with Gasteiger partial charge in [-0.3, -0.25) is 14.5 Å². The van der Waals surface area contributed by atoms with E-state index in [1.165, 1.54) is 11.3 Å². The van der Waals surface area contributed by atoms with E-state index in [0.29, 0.717) is 17.9 Å². The third-order valence-electron chi connectivity index (χ3n) is 6.35. The van der Waals surface area contributed by atoms with Crippen molar-refractivity contribution >= 4 is 28.8 Å². The van der Waals surface area contributed by atoms with Crippen molar-refractivity contribution < 1.29 is 14.3 Å². The molecule has 5 rings (SSSR count). The maximum absolute atomic E-state index is 14.1. The van der Waals surface area contributed by atoms with Crippen LogP contribution in [0.15, 0.2) is 84.2 Å².